The second-order valence-corrected chi connectivity index (χ2v) is 4.51. The molecule has 0 aromatic heterocycles. The van der Waals surface area contributed by atoms with Crippen LogP contribution in [0.4, 0.5) is 5.69 Å². The summed E-state index contributed by atoms with van der Waals surface area (Å²) in [5.41, 5.74) is 2.69. The molecule has 0 aliphatic heterocycles. The number of amides is 1. The van der Waals surface area contributed by atoms with E-state index < -0.39 is 0 Å². The average Bonchev–Trinajstić information content (AvgIpc) is 2.48. The second kappa shape index (κ2) is 6.60. The Hall–Kier alpha value is -2.77. The minimum absolute atomic E-state index is 0.108. The highest BCUT2D eigenvalue weighted by atomic mass is 16.3. The van der Waals surface area contributed by atoms with Gasteiger partial charge in [-0.15, -0.1) is 0 Å². The molecule has 0 aliphatic rings. The summed E-state index contributed by atoms with van der Waals surface area (Å²) in [7, 11) is 0. The summed E-state index contributed by atoms with van der Waals surface area (Å²) >= 11 is 0. The van der Waals surface area contributed by atoms with Gasteiger partial charge in [0.05, 0.1) is 5.69 Å². The van der Waals surface area contributed by atoms with Crippen LogP contribution < -0.4 is 5.32 Å². The predicted octanol–water partition coefficient (Wildman–Crippen LogP) is 2.30. The number of aryl methyl sites for hydroxylation is 1. The fourth-order valence-corrected chi connectivity index (χ4v) is 1.81. The van der Waals surface area contributed by atoms with E-state index in [0.29, 0.717) is 16.8 Å². The Balaban J connectivity index is 2.26. The van der Waals surface area contributed by atoms with Gasteiger partial charge < -0.3 is 15.5 Å². The number of anilines is 1. The van der Waals surface area contributed by atoms with Gasteiger partial charge in [-0.3, -0.25) is 4.79 Å². The van der Waals surface area contributed by atoms with Crippen molar-refractivity contribution in [1.82, 2.24) is 0 Å². The molecule has 0 spiro atoms. The predicted molar refractivity (Wildman–Crippen MR) is 81.2 cm³/mol. The molecule has 0 atom stereocenters. The first-order valence-corrected chi connectivity index (χ1v) is 6.41. The van der Waals surface area contributed by atoms with Gasteiger partial charge in [0.2, 0.25) is 0 Å². The molecule has 0 fully saturated rings. The number of phenols is 1. The minimum atomic E-state index is -0.286. The largest absolute Gasteiger partial charge is 0.508 e. The van der Waals surface area contributed by atoms with E-state index in [2.05, 4.69) is 17.2 Å². The number of benzene rings is 2. The lowest BCUT2D eigenvalue weighted by molar-refractivity contribution is 0.102. The van der Waals surface area contributed by atoms with E-state index in [1.165, 1.54) is 24.3 Å². The van der Waals surface area contributed by atoms with E-state index in [0.717, 1.165) is 5.56 Å². The molecule has 3 N–H and O–H groups in total. The zero-order valence-electron chi connectivity index (χ0n) is 11.6. The molecule has 0 heterocycles. The smallest absolute Gasteiger partial charge is 0.255 e. The molecule has 0 radical (unpaired) electrons. The van der Waals surface area contributed by atoms with E-state index >= 15 is 0 Å². The summed E-state index contributed by atoms with van der Waals surface area (Å²) in [6, 6.07) is 11.5. The maximum atomic E-state index is 12.1. The zero-order valence-corrected chi connectivity index (χ0v) is 11.6. The molecule has 0 saturated carbocycles. The average molecular weight is 281 g/mol. The summed E-state index contributed by atoms with van der Waals surface area (Å²) in [6.45, 7) is 1.69. The first kappa shape index (κ1) is 14.6. The molecule has 4 heteroatoms. The standard InChI is InChI=1S/C17H15NO3/c1-12-4-9-16(14(11-12)3-2-10-19)18-17(21)13-5-7-15(20)8-6-13/h4-9,11,19-20H,10H2,1H3,(H,18,21). The van der Waals surface area contributed by atoms with E-state index in [4.69, 9.17) is 5.11 Å². The van der Waals surface area contributed by atoms with Crippen molar-refractivity contribution in [3.05, 3.63) is 59.2 Å². The van der Waals surface area contributed by atoms with Crippen molar-refractivity contribution in [2.75, 3.05) is 11.9 Å². The molecule has 4 nitrogen and oxygen atoms in total. The number of aliphatic hydroxyl groups excluding tert-OH is 1. The molecule has 1 amide bonds. The van der Waals surface area contributed by atoms with Crippen LogP contribution in [0.2, 0.25) is 0 Å². The van der Waals surface area contributed by atoms with Crippen LogP contribution in [0, 0.1) is 18.8 Å². The fraction of sp³-hybridized carbons (Fsp3) is 0.118. The van der Waals surface area contributed by atoms with Gasteiger partial charge in [0.15, 0.2) is 0 Å². The first-order chi connectivity index (χ1) is 10.1. The number of phenolic OH excluding ortho intramolecular Hbond substituents is 1. The molecule has 0 unspecified atom stereocenters. The molecule has 0 bridgehead atoms. The van der Waals surface area contributed by atoms with Crippen LogP contribution >= 0.6 is 0 Å². The molecular formula is C17H15NO3. The number of rotatable bonds is 2. The Labute approximate surface area is 123 Å². The van der Waals surface area contributed by atoms with Crippen molar-refractivity contribution in [1.29, 1.82) is 0 Å². The van der Waals surface area contributed by atoms with Crippen molar-refractivity contribution in [2.24, 2.45) is 0 Å². The van der Waals surface area contributed by atoms with Gasteiger partial charge in [-0.2, -0.15) is 0 Å². The Kier molecular flexibility index (Phi) is 4.60. The van der Waals surface area contributed by atoms with Crippen LogP contribution in [-0.2, 0) is 0 Å². The fourth-order valence-electron chi connectivity index (χ4n) is 1.81. The lowest BCUT2D eigenvalue weighted by Crippen LogP contribution is -2.12. The Bertz CT molecular complexity index is 709. The number of carbonyl (C=O) groups excluding carboxylic acids is 1. The quantitative estimate of drug-likeness (QED) is 0.740. The van der Waals surface area contributed by atoms with E-state index in [-0.39, 0.29) is 18.3 Å². The highest BCUT2D eigenvalue weighted by Gasteiger charge is 2.08. The Morgan fingerprint density at radius 2 is 1.90 bits per heavy atom. The summed E-state index contributed by atoms with van der Waals surface area (Å²) in [4.78, 5) is 12.1. The maximum Gasteiger partial charge on any atom is 0.255 e. The number of hydrogen-bond donors (Lipinski definition) is 3. The maximum absolute atomic E-state index is 12.1. The third-order valence-corrected chi connectivity index (χ3v) is 2.85. The van der Waals surface area contributed by atoms with Crippen molar-refractivity contribution < 1.29 is 15.0 Å². The lowest BCUT2D eigenvalue weighted by Gasteiger charge is -2.08. The van der Waals surface area contributed by atoms with Gasteiger partial charge in [-0.1, -0.05) is 17.9 Å². The highest BCUT2D eigenvalue weighted by molar-refractivity contribution is 6.05. The molecule has 0 saturated heterocycles. The number of nitrogens with one attached hydrogen (secondary N) is 1. The van der Waals surface area contributed by atoms with Crippen LogP contribution in [-0.4, -0.2) is 22.7 Å². The lowest BCUT2D eigenvalue weighted by atomic mass is 10.1. The number of aliphatic hydroxyl groups is 1. The Morgan fingerprint density at radius 1 is 1.19 bits per heavy atom. The SMILES string of the molecule is Cc1ccc(NC(=O)c2ccc(O)cc2)c(C#CCO)c1. The van der Waals surface area contributed by atoms with E-state index in [1.54, 1.807) is 6.07 Å². The van der Waals surface area contributed by atoms with E-state index in [1.807, 2.05) is 19.1 Å². The van der Waals surface area contributed by atoms with Gasteiger partial charge in [0, 0.05) is 11.1 Å². The van der Waals surface area contributed by atoms with Gasteiger partial charge >= 0.3 is 0 Å². The molecule has 21 heavy (non-hydrogen) atoms. The van der Waals surface area contributed by atoms with Crippen LogP contribution in [0.5, 0.6) is 5.75 Å². The van der Waals surface area contributed by atoms with Crippen LogP contribution in [0.25, 0.3) is 0 Å². The third-order valence-electron chi connectivity index (χ3n) is 2.85. The van der Waals surface area contributed by atoms with Crippen molar-refractivity contribution in [2.45, 2.75) is 6.92 Å². The number of hydrogen-bond acceptors (Lipinski definition) is 3. The normalized spacial score (nSPS) is 9.62. The minimum Gasteiger partial charge on any atom is -0.508 e. The van der Waals surface area contributed by atoms with E-state index in [9.17, 15) is 9.90 Å². The van der Waals surface area contributed by atoms with Crippen molar-refractivity contribution in [3.8, 4) is 17.6 Å². The molecule has 0 aliphatic carbocycles. The summed E-state index contributed by atoms with van der Waals surface area (Å²) in [5.74, 6) is 5.21. The highest BCUT2D eigenvalue weighted by Crippen LogP contribution is 2.18. The van der Waals surface area contributed by atoms with Crippen LogP contribution in [0.15, 0.2) is 42.5 Å². The topological polar surface area (TPSA) is 69.6 Å². The number of aromatic hydroxyl groups is 1. The van der Waals surface area contributed by atoms with Crippen molar-refractivity contribution in [3.63, 3.8) is 0 Å². The molecule has 2 rings (SSSR count). The summed E-state index contributed by atoms with van der Waals surface area (Å²) < 4.78 is 0. The Morgan fingerprint density at radius 3 is 2.57 bits per heavy atom. The van der Waals surface area contributed by atoms with Gasteiger partial charge in [0.25, 0.3) is 5.91 Å². The number of carbonyl (C=O) groups is 1. The first-order valence-electron chi connectivity index (χ1n) is 6.41. The zero-order chi connectivity index (χ0) is 15.2. The third kappa shape index (κ3) is 3.85. The van der Waals surface area contributed by atoms with Crippen LogP contribution in [0.1, 0.15) is 21.5 Å². The second-order valence-electron chi connectivity index (χ2n) is 4.51. The van der Waals surface area contributed by atoms with Crippen LogP contribution in [0.3, 0.4) is 0 Å². The summed E-state index contributed by atoms with van der Waals surface area (Å²) in [5, 5.41) is 20.8. The van der Waals surface area contributed by atoms with Gasteiger partial charge in [-0.25, -0.2) is 0 Å². The monoisotopic (exact) mass is 281 g/mol. The molecule has 2 aromatic rings. The molecule has 2 aromatic carbocycles. The molecular weight excluding hydrogens is 266 g/mol. The molecule has 106 valence electrons. The van der Waals surface area contributed by atoms with Gasteiger partial charge in [0.1, 0.15) is 12.4 Å². The van der Waals surface area contributed by atoms with Crippen molar-refractivity contribution >= 4 is 11.6 Å². The summed E-state index contributed by atoms with van der Waals surface area (Å²) in [6.07, 6.45) is 0. The van der Waals surface area contributed by atoms with Gasteiger partial charge in [-0.05, 0) is 48.9 Å².